The lowest BCUT2D eigenvalue weighted by Crippen LogP contribution is -2.22. The summed E-state index contributed by atoms with van der Waals surface area (Å²) in [5, 5.41) is 2.87. The van der Waals surface area contributed by atoms with E-state index in [1.165, 1.54) is 5.56 Å². The van der Waals surface area contributed by atoms with Crippen molar-refractivity contribution in [3.05, 3.63) is 59.7 Å². The fourth-order valence-electron chi connectivity index (χ4n) is 2.76. The molecule has 0 unspecified atom stereocenters. The van der Waals surface area contributed by atoms with Gasteiger partial charge in [0.15, 0.2) is 0 Å². The Morgan fingerprint density at radius 1 is 1.22 bits per heavy atom. The van der Waals surface area contributed by atoms with Gasteiger partial charge in [-0.25, -0.2) is 0 Å². The second-order valence-corrected chi connectivity index (χ2v) is 6.92. The summed E-state index contributed by atoms with van der Waals surface area (Å²) in [6.07, 6.45) is 2.62. The molecule has 2 aromatic carbocycles. The van der Waals surface area contributed by atoms with E-state index >= 15 is 0 Å². The van der Waals surface area contributed by atoms with E-state index in [4.69, 9.17) is 4.74 Å². The minimum Gasteiger partial charge on any atom is -0.373 e. The highest BCUT2D eigenvalue weighted by Crippen LogP contribution is 2.29. The molecule has 0 radical (unpaired) electrons. The molecular weight excluding hydrogens is 310 g/mol. The van der Waals surface area contributed by atoms with E-state index in [1.807, 2.05) is 18.2 Å². The van der Waals surface area contributed by atoms with Crippen molar-refractivity contribution in [3.8, 4) is 0 Å². The summed E-state index contributed by atoms with van der Waals surface area (Å²) in [6.45, 7) is 0.645. The first-order valence-corrected chi connectivity index (χ1v) is 9.12. The van der Waals surface area contributed by atoms with E-state index in [1.54, 1.807) is 30.5 Å². The van der Waals surface area contributed by atoms with Crippen molar-refractivity contribution >= 4 is 22.4 Å². The van der Waals surface area contributed by atoms with Gasteiger partial charge in [0.25, 0.3) is 0 Å². The summed E-state index contributed by atoms with van der Waals surface area (Å²) in [5.41, 5.74) is 3.06. The molecule has 2 aromatic rings. The summed E-state index contributed by atoms with van der Waals surface area (Å²) in [6, 6.07) is 15.2. The van der Waals surface area contributed by atoms with Crippen LogP contribution in [0.2, 0.25) is 0 Å². The van der Waals surface area contributed by atoms with Crippen LogP contribution in [0.15, 0.2) is 53.4 Å². The van der Waals surface area contributed by atoms with Gasteiger partial charge in [0.2, 0.25) is 5.91 Å². The molecule has 2 atom stereocenters. The van der Waals surface area contributed by atoms with Crippen LogP contribution < -0.4 is 5.32 Å². The first kappa shape index (κ1) is 15.9. The number of anilines is 1. The molecule has 1 N–H and O–H groups in total. The molecule has 1 heterocycles. The van der Waals surface area contributed by atoms with Crippen molar-refractivity contribution in [2.45, 2.75) is 23.8 Å². The normalized spacial score (nSPS) is 18.0. The van der Waals surface area contributed by atoms with E-state index in [0.29, 0.717) is 18.7 Å². The van der Waals surface area contributed by atoms with Crippen LogP contribution in [-0.4, -0.2) is 23.0 Å². The van der Waals surface area contributed by atoms with Gasteiger partial charge in [-0.1, -0.05) is 24.3 Å². The smallest absolute Gasteiger partial charge is 0.227 e. The Bertz CT molecular complexity index is 727. The van der Waals surface area contributed by atoms with Crippen molar-refractivity contribution in [2.24, 2.45) is 0 Å². The highest BCUT2D eigenvalue weighted by atomic mass is 32.2. The molecule has 1 amide bonds. The van der Waals surface area contributed by atoms with Crippen molar-refractivity contribution in [3.63, 3.8) is 0 Å². The predicted molar refractivity (Wildman–Crippen MR) is 90.9 cm³/mol. The van der Waals surface area contributed by atoms with Crippen LogP contribution in [0.1, 0.15) is 23.7 Å². The summed E-state index contributed by atoms with van der Waals surface area (Å²) in [4.78, 5) is 13.0. The van der Waals surface area contributed by atoms with Crippen LogP contribution in [0, 0.1) is 0 Å². The lowest BCUT2D eigenvalue weighted by molar-refractivity contribution is -0.119. The molecular formula is C18H19NO3S. The van der Waals surface area contributed by atoms with Crippen LogP contribution in [0.25, 0.3) is 0 Å². The molecule has 1 aliphatic heterocycles. The summed E-state index contributed by atoms with van der Waals surface area (Å²) < 4.78 is 17.1. The third-order valence-corrected chi connectivity index (χ3v) is 4.87. The topological polar surface area (TPSA) is 55.4 Å². The summed E-state index contributed by atoms with van der Waals surface area (Å²) in [5.74, 6) is -0.0860. The van der Waals surface area contributed by atoms with Gasteiger partial charge >= 0.3 is 0 Å². The fraction of sp³-hybridized carbons (Fsp3) is 0.278. The Hall–Kier alpha value is -1.98. The van der Waals surface area contributed by atoms with Gasteiger partial charge in [-0.3, -0.25) is 9.00 Å². The van der Waals surface area contributed by atoms with Crippen molar-refractivity contribution < 1.29 is 13.7 Å². The molecule has 5 heteroatoms. The number of fused-ring (bicyclic) bond motifs is 1. The van der Waals surface area contributed by atoms with Crippen molar-refractivity contribution in [1.82, 2.24) is 0 Å². The summed E-state index contributed by atoms with van der Waals surface area (Å²) >= 11 is 0. The predicted octanol–water partition coefficient (Wildman–Crippen LogP) is 3.07. The zero-order chi connectivity index (χ0) is 16.2. The van der Waals surface area contributed by atoms with E-state index in [-0.39, 0.29) is 12.0 Å². The molecule has 0 saturated heterocycles. The highest BCUT2D eigenvalue weighted by Gasteiger charge is 2.23. The number of nitrogens with one attached hydrogen (secondary N) is 1. The monoisotopic (exact) mass is 329 g/mol. The molecule has 3 rings (SSSR count). The largest absolute Gasteiger partial charge is 0.373 e. The first-order valence-electron chi connectivity index (χ1n) is 7.56. The molecule has 23 heavy (non-hydrogen) atoms. The van der Waals surface area contributed by atoms with Gasteiger partial charge in [0.1, 0.15) is 0 Å². The molecule has 0 bridgehead atoms. The summed E-state index contributed by atoms with van der Waals surface area (Å²) in [7, 11) is -1.01. The molecule has 0 aliphatic carbocycles. The minimum absolute atomic E-state index is 0.0860. The molecule has 0 fully saturated rings. The number of benzene rings is 2. The SMILES string of the molecule is C[S@](=O)c1ccc(NC(=O)C[C@@H]2OCCc3ccccc32)cc1. The second-order valence-electron chi connectivity index (χ2n) is 5.54. The highest BCUT2D eigenvalue weighted by molar-refractivity contribution is 7.84. The standard InChI is InChI=1S/C18H19NO3S/c1-23(21)15-8-6-14(7-9-15)19-18(20)12-17-16-5-3-2-4-13(16)10-11-22-17/h2-9,17H,10-12H2,1H3,(H,19,20)/t17-,23-/m0/s1. The molecule has 0 spiro atoms. The molecule has 120 valence electrons. The Morgan fingerprint density at radius 2 is 1.96 bits per heavy atom. The number of rotatable bonds is 4. The fourth-order valence-corrected chi connectivity index (χ4v) is 3.28. The van der Waals surface area contributed by atoms with E-state index in [2.05, 4.69) is 11.4 Å². The van der Waals surface area contributed by atoms with Gasteiger partial charge in [0, 0.05) is 27.6 Å². The van der Waals surface area contributed by atoms with E-state index in [9.17, 15) is 9.00 Å². The third-order valence-electron chi connectivity index (χ3n) is 3.93. The van der Waals surface area contributed by atoms with Crippen LogP contribution in [0.3, 0.4) is 0 Å². The number of hydrogen-bond donors (Lipinski definition) is 1. The average Bonchev–Trinajstić information content (AvgIpc) is 2.55. The van der Waals surface area contributed by atoms with Gasteiger partial charge in [0.05, 0.1) is 19.1 Å². The lowest BCUT2D eigenvalue weighted by atomic mass is 9.95. The van der Waals surface area contributed by atoms with Gasteiger partial charge in [-0.05, 0) is 41.8 Å². The second kappa shape index (κ2) is 7.06. The zero-order valence-corrected chi connectivity index (χ0v) is 13.8. The average molecular weight is 329 g/mol. The maximum absolute atomic E-state index is 12.3. The van der Waals surface area contributed by atoms with Gasteiger partial charge in [-0.15, -0.1) is 0 Å². The van der Waals surface area contributed by atoms with Gasteiger partial charge in [-0.2, -0.15) is 0 Å². The zero-order valence-electron chi connectivity index (χ0n) is 13.0. The lowest BCUT2D eigenvalue weighted by Gasteiger charge is -2.25. The first-order chi connectivity index (χ1) is 11.1. The Balaban J connectivity index is 1.65. The van der Waals surface area contributed by atoms with Crippen LogP contribution in [0.4, 0.5) is 5.69 Å². The van der Waals surface area contributed by atoms with Crippen molar-refractivity contribution in [2.75, 3.05) is 18.2 Å². The number of hydrogen-bond acceptors (Lipinski definition) is 3. The molecule has 4 nitrogen and oxygen atoms in total. The maximum atomic E-state index is 12.3. The van der Waals surface area contributed by atoms with Crippen LogP contribution >= 0.6 is 0 Å². The number of amides is 1. The van der Waals surface area contributed by atoms with E-state index in [0.717, 1.165) is 16.9 Å². The van der Waals surface area contributed by atoms with Crippen LogP contribution in [-0.2, 0) is 26.8 Å². The quantitative estimate of drug-likeness (QED) is 0.938. The number of carbonyl (C=O) groups excluding carboxylic acids is 1. The Morgan fingerprint density at radius 3 is 2.70 bits per heavy atom. The number of carbonyl (C=O) groups is 1. The third kappa shape index (κ3) is 3.86. The van der Waals surface area contributed by atoms with Gasteiger partial charge < -0.3 is 10.1 Å². The molecule has 0 saturated carbocycles. The van der Waals surface area contributed by atoms with Crippen LogP contribution in [0.5, 0.6) is 0 Å². The maximum Gasteiger partial charge on any atom is 0.227 e. The van der Waals surface area contributed by atoms with Crippen molar-refractivity contribution in [1.29, 1.82) is 0 Å². The molecule has 0 aromatic heterocycles. The van der Waals surface area contributed by atoms with E-state index < -0.39 is 10.8 Å². The Labute approximate surface area is 138 Å². The minimum atomic E-state index is -1.01. The molecule has 1 aliphatic rings. The number of ether oxygens (including phenoxy) is 1. The Kier molecular flexibility index (Phi) is 4.88.